The van der Waals surface area contributed by atoms with E-state index in [2.05, 4.69) is 16.6 Å². The summed E-state index contributed by atoms with van der Waals surface area (Å²) in [5.74, 6) is 0.0136. The van der Waals surface area contributed by atoms with Gasteiger partial charge in [0, 0.05) is 31.5 Å². The Morgan fingerprint density at radius 3 is 2.44 bits per heavy atom. The van der Waals surface area contributed by atoms with Crippen LogP contribution >= 0.6 is 11.3 Å². The fraction of sp³-hybridized carbons (Fsp3) is 0.391. The highest BCUT2D eigenvalue weighted by molar-refractivity contribution is 7.92. The number of sulfonamides is 1. The number of carbonyl (C=O) groups excluding carboxylic acids is 1. The summed E-state index contributed by atoms with van der Waals surface area (Å²) in [5, 5.41) is 0.643. The first-order valence-electron chi connectivity index (χ1n) is 10.8. The first-order valence-corrected chi connectivity index (χ1v) is 13.1. The lowest BCUT2D eigenvalue weighted by Gasteiger charge is -2.13. The van der Waals surface area contributed by atoms with Crippen LogP contribution in [0.1, 0.15) is 46.4 Å². The van der Waals surface area contributed by atoms with E-state index in [1.807, 2.05) is 35.6 Å². The largest absolute Gasteiger partial charge is 0.345 e. The maximum absolute atomic E-state index is 13.1. The highest BCUT2D eigenvalue weighted by Crippen LogP contribution is 2.33. The zero-order chi connectivity index (χ0) is 23.0. The van der Waals surface area contributed by atoms with Crippen LogP contribution in [0, 0.1) is 13.8 Å². The van der Waals surface area contributed by atoms with Crippen molar-refractivity contribution in [2.24, 2.45) is 7.05 Å². The van der Waals surface area contributed by atoms with E-state index in [0.717, 1.165) is 37.9 Å². The van der Waals surface area contributed by atoms with Crippen molar-refractivity contribution in [1.29, 1.82) is 0 Å². The van der Waals surface area contributed by atoms with E-state index in [9.17, 15) is 13.2 Å². The van der Waals surface area contributed by atoms with Crippen molar-refractivity contribution in [3.8, 4) is 10.7 Å². The molecule has 0 aliphatic carbocycles. The minimum atomic E-state index is -3.78. The molecule has 0 radical (unpaired) electrons. The second-order valence-corrected chi connectivity index (χ2v) is 10.8. The highest BCUT2D eigenvalue weighted by Gasteiger charge is 2.27. The molecule has 1 N–H and O–H groups in total. The van der Waals surface area contributed by atoms with Crippen LogP contribution in [0.25, 0.3) is 10.7 Å². The van der Waals surface area contributed by atoms with E-state index in [0.29, 0.717) is 32.7 Å². The number of carbonyl (C=O) groups is 1. The minimum absolute atomic E-state index is 0.0136. The third-order valence-electron chi connectivity index (χ3n) is 6.00. The molecule has 1 aliphatic heterocycles. The first kappa shape index (κ1) is 22.5. The minimum Gasteiger partial charge on any atom is -0.345 e. The predicted octanol–water partition coefficient (Wildman–Crippen LogP) is 4.36. The van der Waals surface area contributed by atoms with Gasteiger partial charge in [-0.1, -0.05) is 19.1 Å². The zero-order valence-corrected chi connectivity index (χ0v) is 20.4. The van der Waals surface area contributed by atoms with Gasteiger partial charge in [-0.25, -0.2) is 13.4 Å². The van der Waals surface area contributed by atoms with E-state index in [1.165, 1.54) is 11.3 Å². The van der Waals surface area contributed by atoms with Gasteiger partial charge in [0.2, 0.25) is 0 Å². The molecule has 1 aliphatic rings. The summed E-state index contributed by atoms with van der Waals surface area (Å²) in [5.41, 5.74) is 3.63. The maximum Gasteiger partial charge on any atom is 0.265 e. The van der Waals surface area contributed by atoms with Gasteiger partial charge in [-0.15, -0.1) is 11.3 Å². The number of aromatic nitrogens is 2. The van der Waals surface area contributed by atoms with Crippen LogP contribution in [-0.2, 0) is 23.5 Å². The van der Waals surface area contributed by atoms with E-state index in [-0.39, 0.29) is 10.8 Å². The normalized spacial score (nSPS) is 14.2. The van der Waals surface area contributed by atoms with E-state index < -0.39 is 10.0 Å². The third-order valence-corrected chi connectivity index (χ3v) is 8.66. The Labute approximate surface area is 193 Å². The summed E-state index contributed by atoms with van der Waals surface area (Å²) in [6.07, 6.45) is 2.95. The SMILES string of the molecule is CCc1ccc(NS(=O)(=O)c2cc(-c3nc(C)c(C(=O)N4CCCC4)s3)n(C)c2C)cc1. The monoisotopic (exact) mass is 472 g/mol. The molecule has 170 valence electrons. The van der Waals surface area contributed by atoms with Crippen molar-refractivity contribution in [3.63, 3.8) is 0 Å². The van der Waals surface area contributed by atoms with Gasteiger partial charge in [-0.05, 0) is 56.9 Å². The Bertz CT molecular complexity index is 1250. The number of thiazole rings is 1. The van der Waals surface area contributed by atoms with E-state index in [1.54, 1.807) is 25.1 Å². The van der Waals surface area contributed by atoms with Crippen LogP contribution in [-0.4, -0.2) is 41.9 Å². The second kappa shape index (κ2) is 8.71. The Morgan fingerprint density at radius 1 is 1.16 bits per heavy atom. The summed E-state index contributed by atoms with van der Waals surface area (Å²) < 4.78 is 30.7. The molecule has 2 aromatic heterocycles. The smallest absolute Gasteiger partial charge is 0.265 e. The molecule has 0 unspecified atom stereocenters. The number of rotatable bonds is 6. The second-order valence-electron chi connectivity index (χ2n) is 8.13. The molecule has 0 bridgehead atoms. The number of amides is 1. The quantitative estimate of drug-likeness (QED) is 0.578. The van der Waals surface area contributed by atoms with Crippen molar-refractivity contribution in [2.75, 3.05) is 17.8 Å². The van der Waals surface area contributed by atoms with Gasteiger partial charge in [-0.3, -0.25) is 9.52 Å². The summed E-state index contributed by atoms with van der Waals surface area (Å²) in [4.78, 5) is 20.2. The van der Waals surface area contributed by atoms with Crippen LogP contribution in [0.2, 0.25) is 0 Å². The van der Waals surface area contributed by atoms with Crippen molar-refractivity contribution < 1.29 is 13.2 Å². The van der Waals surface area contributed by atoms with Gasteiger partial charge in [0.25, 0.3) is 15.9 Å². The summed E-state index contributed by atoms with van der Waals surface area (Å²) >= 11 is 1.32. The lowest BCUT2D eigenvalue weighted by molar-refractivity contribution is 0.0796. The van der Waals surface area contributed by atoms with Crippen molar-refractivity contribution in [2.45, 2.75) is 44.9 Å². The lowest BCUT2D eigenvalue weighted by Crippen LogP contribution is -2.27. The predicted molar refractivity (Wildman–Crippen MR) is 128 cm³/mol. The summed E-state index contributed by atoms with van der Waals surface area (Å²) in [6.45, 7) is 7.22. The molecule has 7 nitrogen and oxygen atoms in total. The van der Waals surface area contributed by atoms with Crippen LogP contribution < -0.4 is 4.72 Å². The molecular weight excluding hydrogens is 444 g/mol. The Kier molecular flexibility index (Phi) is 6.13. The van der Waals surface area contributed by atoms with Crippen LogP contribution in [0.3, 0.4) is 0 Å². The number of nitrogens with one attached hydrogen (secondary N) is 1. The van der Waals surface area contributed by atoms with E-state index in [4.69, 9.17) is 0 Å². The number of hydrogen-bond donors (Lipinski definition) is 1. The number of benzene rings is 1. The highest BCUT2D eigenvalue weighted by atomic mass is 32.2. The molecule has 0 saturated carbocycles. The average molecular weight is 473 g/mol. The molecule has 1 amide bonds. The van der Waals surface area contributed by atoms with Crippen molar-refractivity contribution >= 4 is 33.0 Å². The number of likely N-dealkylation sites (tertiary alicyclic amines) is 1. The molecular formula is C23H28N4O3S2. The van der Waals surface area contributed by atoms with Gasteiger partial charge < -0.3 is 9.47 Å². The van der Waals surface area contributed by atoms with E-state index >= 15 is 0 Å². The molecule has 32 heavy (non-hydrogen) atoms. The molecule has 3 heterocycles. The molecule has 4 rings (SSSR count). The zero-order valence-electron chi connectivity index (χ0n) is 18.8. The summed E-state index contributed by atoms with van der Waals surface area (Å²) in [6, 6.07) is 9.02. The Morgan fingerprint density at radius 2 is 1.81 bits per heavy atom. The number of hydrogen-bond acceptors (Lipinski definition) is 5. The number of anilines is 1. The third kappa shape index (κ3) is 4.19. The maximum atomic E-state index is 13.1. The number of nitrogens with zero attached hydrogens (tertiary/aromatic N) is 3. The van der Waals surface area contributed by atoms with Crippen LogP contribution in [0.5, 0.6) is 0 Å². The van der Waals surface area contributed by atoms with Crippen molar-refractivity contribution in [3.05, 3.63) is 52.2 Å². The molecule has 3 aromatic rings. The summed E-state index contributed by atoms with van der Waals surface area (Å²) in [7, 11) is -1.96. The fourth-order valence-corrected chi connectivity index (χ4v) is 6.37. The Hall–Kier alpha value is -2.65. The van der Waals surface area contributed by atoms with Gasteiger partial charge in [0.15, 0.2) is 0 Å². The topological polar surface area (TPSA) is 84.3 Å². The molecule has 1 saturated heterocycles. The van der Waals surface area contributed by atoms with Gasteiger partial charge in [0.1, 0.15) is 14.8 Å². The standard InChI is InChI=1S/C23H28N4O3S2/c1-5-17-8-10-18(11-9-17)25-32(29,30)20-14-19(26(4)16(20)3)22-24-15(2)21(31-22)23(28)27-12-6-7-13-27/h8-11,14,25H,5-7,12-13H2,1-4H3. The average Bonchev–Trinajstić information content (AvgIpc) is 3.49. The van der Waals surface area contributed by atoms with Gasteiger partial charge >= 0.3 is 0 Å². The molecule has 0 atom stereocenters. The van der Waals surface area contributed by atoms with Crippen LogP contribution in [0.4, 0.5) is 5.69 Å². The Balaban J connectivity index is 1.65. The van der Waals surface area contributed by atoms with Crippen LogP contribution in [0.15, 0.2) is 35.2 Å². The first-order chi connectivity index (χ1) is 15.2. The fourth-order valence-electron chi connectivity index (χ4n) is 3.94. The molecule has 1 fully saturated rings. The van der Waals surface area contributed by atoms with Gasteiger partial charge in [0.05, 0.1) is 11.4 Å². The lowest BCUT2D eigenvalue weighted by atomic mass is 10.2. The van der Waals surface area contributed by atoms with Crippen molar-refractivity contribution in [1.82, 2.24) is 14.5 Å². The number of aryl methyl sites for hydroxylation is 2. The molecule has 0 spiro atoms. The molecule has 1 aromatic carbocycles. The van der Waals surface area contributed by atoms with Gasteiger partial charge in [-0.2, -0.15) is 0 Å². The molecule has 9 heteroatoms.